The fourth-order valence-electron chi connectivity index (χ4n) is 1.32. The predicted molar refractivity (Wildman–Crippen MR) is 69.6 cm³/mol. The Kier molecular flexibility index (Phi) is 4.54. The third kappa shape index (κ3) is 4.88. The quantitative estimate of drug-likeness (QED) is 0.805. The van der Waals surface area contributed by atoms with Crippen molar-refractivity contribution in [3.05, 3.63) is 29.8 Å². The first-order valence-electron chi connectivity index (χ1n) is 5.60. The van der Waals surface area contributed by atoms with Crippen LogP contribution in [-0.2, 0) is 14.3 Å². The summed E-state index contributed by atoms with van der Waals surface area (Å²) in [6.07, 6.45) is -1.23. The Bertz CT molecular complexity index is 548. The number of hydrogen-bond donors (Lipinski definition) is 2. The van der Waals surface area contributed by atoms with Crippen LogP contribution in [0, 0.1) is 6.92 Å². The van der Waals surface area contributed by atoms with Gasteiger partial charge in [-0.2, -0.15) is 8.42 Å². The smallest absolute Gasteiger partial charge is 0.405 e. The summed E-state index contributed by atoms with van der Waals surface area (Å²) in [5.41, 5.74) is -0.0596. The number of carbonyl (C=O) groups is 1. The average molecular weight is 287 g/mol. The normalized spacial score (nSPS) is 12.2. The van der Waals surface area contributed by atoms with Crippen LogP contribution < -0.4 is 5.32 Å². The molecule has 0 fully saturated rings. The molecular weight excluding hydrogens is 270 g/mol. The van der Waals surface area contributed by atoms with E-state index in [4.69, 9.17) is 9.29 Å². The van der Waals surface area contributed by atoms with Crippen LogP contribution in [0.5, 0.6) is 0 Å². The van der Waals surface area contributed by atoms with E-state index in [1.165, 1.54) is 26.0 Å². The number of aryl methyl sites for hydroxylation is 1. The fourth-order valence-corrected chi connectivity index (χ4v) is 2.38. The van der Waals surface area contributed by atoms with Gasteiger partial charge in [0.25, 0.3) is 10.1 Å². The summed E-state index contributed by atoms with van der Waals surface area (Å²) in [5, 5.41) is 10.8. The molecule has 0 saturated carbocycles. The van der Waals surface area contributed by atoms with E-state index in [1.807, 2.05) is 6.92 Å². The topological polar surface area (TPSA) is 92.7 Å². The van der Waals surface area contributed by atoms with E-state index < -0.39 is 21.8 Å². The molecule has 0 atom stereocenters. The first kappa shape index (κ1) is 15.5. The molecule has 0 unspecified atom stereocenters. The molecule has 0 aliphatic carbocycles. The maximum atomic E-state index is 11.9. The van der Waals surface area contributed by atoms with Gasteiger partial charge >= 0.3 is 6.09 Å². The molecule has 1 aromatic carbocycles. The summed E-state index contributed by atoms with van der Waals surface area (Å²) in [7, 11) is -3.88. The number of carboxylic acid groups (broad SMARTS) is 1. The number of hydrogen-bond acceptors (Lipinski definition) is 4. The lowest BCUT2D eigenvalue weighted by molar-refractivity contribution is 0.163. The second-order valence-electron chi connectivity index (χ2n) is 4.84. The second-order valence-corrected chi connectivity index (χ2v) is 6.46. The monoisotopic (exact) mass is 287 g/mol. The van der Waals surface area contributed by atoms with E-state index in [1.54, 1.807) is 12.1 Å². The van der Waals surface area contributed by atoms with Gasteiger partial charge in [-0.1, -0.05) is 17.7 Å². The lowest BCUT2D eigenvalue weighted by Gasteiger charge is -2.23. The summed E-state index contributed by atoms with van der Waals surface area (Å²) in [4.78, 5) is 10.6. The molecule has 6 nitrogen and oxygen atoms in total. The molecule has 1 aromatic rings. The highest BCUT2D eigenvalue weighted by atomic mass is 32.2. The summed E-state index contributed by atoms with van der Waals surface area (Å²) in [6.45, 7) is 4.63. The molecule has 0 heterocycles. The standard InChI is InChI=1S/C12H17NO5S/c1-9-4-6-10(7-5-9)19(16,17)18-8-12(2,3)13-11(14)15/h4-7,13H,8H2,1-3H3,(H,14,15). The van der Waals surface area contributed by atoms with E-state index in [-0.39, 0.29) is 11.5 Å². The summed E-state index contributed by atoms with van der Waals surface area (Å²) in [5.74, 6) is 0. The minimum Gasteiger partial charge on any atom is -0.465 e. The molecule has 0 saturated heterocycles. The molecular formula is C12H17NO5S. The van der Waals surface area contributed by atoms with Crippen LogP contribution in [0.4, 0.5) is 4.79 Å². The molecule has 106 valence electrons. The maximum absolute atomic E-state index is 11.9. The van der Waals surface area contributed by atoms with Crippen LogP contribution >= 0.6 is 0 Å². The molecule has 2 N–H and O–H groups in total. The molecule has 0 spiro atoms. The first-order valence-corrected chi connectivity index (χ1v) is 7.00. The van der Waals surface area contributed by atoms with Gasteiger partial charge in [0.2, 0.25) is 0 Å². The summed E-state index contributed by atoms with van der Waals surface area (Å²) < 4.78 is 28.6. The summed E-state index contributed by atoms with van der Waals surface area (Å²) >= 11 is 0. The van der Waals surface area contributed by atoms with Crippen molar-refractivity contribution in [3.63, 3.8) is 0 Å². The van der Waals surface area contributed by atoms with Crippen molar-refractivity contribution in [2.45, 2.75) is 31.2 Å². The van der Waals surface area contributed by atoms with Crippen molar-refractivity contribution >= 4 is 16.2 Å². The highest BCUT2D eigenvalue weighted by Gasteiger charge is 2.25. The molecule has 0 aliphatic heterocycles. The molecule has 1 amide bonds. The third-order valence-corrected chi connectivity index (χ3v) is 3.61. The van der Waals surface area contributed by atoms with Gasteiger partial charge in [-0.15, -0.1) is 0 Å². The molecule has 0 aliphatic rings. The predicted octanol–water partition coefficient (Wildman–Crippen LogP) is 1.75. The van der Waals surface area contributed by atoms with Gasteiger partial charge in [-0.3, -0.25) is 4.18 Å². The van der Waals surface area contributed by atoms with Crippen molar-refractivity contribution in [3.8, 4) is 0 Å². The molecule has 19 heavy (non-hydrogen) atoms. The zero-order valence-corrected chi connectivity index (χ0v) is 11.8. The summed E-state index contributed by atoms with van der Waals surface area (Å²) in [6, 6.07) is 6.22. The number of nitrogens with one attached hydrogen (secondary N) is 1. The Morgan fingerprint density at radius 1 is 1.32 bits per heavy atom. The van der Waals surface area contributed by atoms with E-state index in [2.05, 4.69) is 5.32 Å². The van der Waals surface area contributed by atoms with E-state index in [0.29, 0.717) is 0 Å². The third-order valence-electron chi connectivity index (χ3n) is 2.33. The second kappa shape index (κ2) is 5.58. The zero-order valence-electron chi connectivity index (χ0n) is 11.0. The van der Waals surface area contributed by atoms with Gasteiger partial charge in [0.1, 0.15) is 0 Å². The molecule has 0 aromatic heterocycles. The number of amides is 1. The van der Waals surface area contributed by atoms with Crippen molar-refractivity contribution in [2.75, 3.05) is 6.61 Å². The van der Waals surface area contributed by atoms with E-state index in [0.717, 1.165) is 5.56 Å². The van der Waals surface area contributed by atoms with Crippen LogP contribution in [0.25, 0.3) is 0 Å². The first-order chi connectivity index (χ1) is 8.62. The molecule has 1 rings (SSSR count). The van der Waals surface area contributed by atoms with Gasteiger partial charge in [0, 0.05) is 0 Å². The van der Waals surface area contributed by atoms with Gasteiger partial charge in [0.05, 0.1) is 17.0 Å². The Morgan fingerprint density at radius 2 is 1.84 bits per heavy atom. The van der Waals surface area contributed by atoms with Gasteiger partial charge in [0.15, 0.2) is 0 Å². The van der Waals surface area contributed by atoms with Crippen LogP contribution in [0.1, 0.15) is 19.4 Å². The highest BCUT2D eigenvalue weighted by Crippen LogP contribution is 2.15. The van der Waals surface area contributed by atoms with Crippen LogP contribution in [-0.4, -0.2) is 31.8 Å². The van der Waals surface area contributed by atoms with Crippen LogP contribution in [0.2, 0.25) is 0 Å². The fraction of sp³-hybridized carbons (Fsp3) is 0.417. The Hall–Kier alpha value is -1.60. The number of rotatable bonds is 5. The molecule has 0 bridgehead atoms. The van der Waals surface area contributed by atoms with E-state index in [9.17, 15) is 13.2 Å². The van der Waals surface area contributed by atoms with Crippen molar-refractivity contribution in [1.82, 2.24) is 5.32 Å². The van der Waals surface area contributed by atoms with Crippen LogP contribution in [0.15, 0.2) is 29.2 Å². The van der Waals surface area contributed by atoms with E-state index >= 15 is 0 Å². The Morgan fingerprint density at radius 3 is 2.32 bits per heavy atom. The Balaban J connectivity index is 2.76. The SMILES string of the molecule is Cc1ccc(S(=O)(=O)OCC(C)(C)NC(=O)O)cc1. The van der Waals surface area contributed by atoms with Gasteiger partial charge in [-0.25, -0.2) is 4.79 Å². The van der Waals surface area contributed by atoms with Crippen molar-refractivity contribution in [1.29, 1.82) is 0 Å². The minimum atomic E-state index is -3.88. The van der Waals surface area contributed by atoms with Gasteiger partial charge < -0.3 is 10.4 Å². The molecule has 7 heteroatoms. The molecule has 0 radical (unpaired) electrons. The lowest BCUT2D eigenvalue weighted by atomic mass is 10.1. The zero-order chi connectivity index (χ0) is 14.7. The lowest BCUT2D eigenvalue weighted by Crippen LogP contribution is -2.46. The largest absolute Gasteiger partial charge is 0.465 e. The van der Waals surface area contributed by atoms with Crippen molar-refractivity contribution < 1.29 is 22.5 Å². The van der Waals surface area contributed by atoms with Gasteiger partial charge in [-0.05, 0) is 32.9 Å². The van der Waals surface area contributed by atoms with Crippen molar-refractivity contribution in [2.24, 2.45) is 0 Å². The minimum absolute atomic E-state index is 0.0456. The number of benzene rings is 1. The van der Waals surface area contributed by atoms with Crippen LogP contribution in [0.3, 0.4) is 0 Å². The Labute approximate surface area is 112 Å². The highest BCUT2D eigenvalue weighted by molar-refractivity contribution is 7.86. The maximum Gasteiger partial charge on any atom is 0.405 e. The average Bonchev–Trinajstić information content (AvgIpc) is 2.26.